The topological polar surface area (TPSA) is 0 Å². The number of hydrogen-bond donors (Lipinski definition) is 0. The van der Waals surface area contributed by atoms with Gasteiger partial charge in [0, 0.05) is 0 Å². The number of allylic oxidation sites excluding steroid dienone is 2. The molecule has 0 aromatic heterocycles. The van der Waals surface area contributed by atoms with Gasteiger partial charge in [0.05, 0.1) is 0 Å². The summed E-state index contributed by atoms with van der Waals surface area (Å²) in [7, 11) is 0. The quantitative estimate of drug-likeness (QED) is 0.482. The highest BCUT2D eigenvalue weighted by atomic mass is 13.9. The maximum absolute atomic E-state index is 2.24. The first kappa shape index (κ1) is 7.74. The van der Waals surface area contributed by atoms with E-state index in [1.165, 1.54) is 0 Å². The molecule has 0 spiro atoms. The Balaban J connectivity index is 3.34. The summed E-state index contributed by atoms with van der Waals surface area (Å²) in [6.45, 7) is 8.77. The lowest BCUT2D eigenvalue weighted by molar-refractivity contribution is 0.780. The molecule has 0 aromatic carbocycles. The largest absolute Gasteiger partial charge is 0.0857 e. The highest BCUT2D eigenvalue weighted by Gasteiger charge is 1.85. The highest BCUT2D eigenvalue weighted by Crippen LogP contribution is 1.99. The summed E-state index contributed by atoms with van der Waals surface area (Å²) in [6, 6.07) is 0. The lowest BCUT2D eigenvalue weighted by Gasteiger charge is -1.95. The van der Waals surface area contributed by atoms with Gasteiger partial charge in [0.25, 0.3) is 0 Å². The fraction of sp³-hybridized carbons (Fsp3) is 0.750. The van der Waals surface area contributed by atoms with E-state index in [2.05, 4.69) is 39.8 Å². The van der Waals surface area contributed by atoms with Crippen molar-refractivity contribution in [1.82, 2.24) is 0 Å². The Labute approximate surface area is 52.6 Å². The van der Waals surface area contributed by atoms with E-state index in [9.17, 15) is 0 Å². The maximum Gasteiger partial charge on any atom is -0.0290 e. The van der Waals surface area contributed by atoms with Gasteiger partial charge in [-0.1, -0.05) is 39.8 Å². The van der Waals surface area contributed by atoms with Crippen LogP contribution in [0, 0.1) is 11.8 Å². The van der Waals surface area contributed by atoms with Crippen LogP contribution in [0.2, 0.25) is 0 Å². The van der Waals surface area contributed by atoms with E-state index in [1.807, 2.05) is 0 Å². The van der Waals surface area contributed by atoms with Gasteiger partial charge in [-0.2, -0.15) is 0 Å². The number of hydrogen-bond acceptors (Lipinski definition) is 0. The van der Waals surface area contributed by atoms with Gasteiger partial charge in [0.1, 0.15) is 0 Å². The first-order valence-electron chi connectivity index (χ1n) is 3.31. The van der Waals surface area contributed by atoms with Crippen LogP contribution >= 0.6 is 0 Å². The molecule has 0 rings (SSSR count). The van der Waals surface area contributed by atoms with Crippen LogP contribution in [0.4, 0.5) is 0 Å². The molecule has 0 aliphatic heterocycles. The first-order chi connectivity index (χ1) is 3.63. The fourth-order valence-electron chi connectivity index (χ4n) is 0.444. The smallest absolute Gasteiger partial charge is 0.0290 e. The predicted molar refractivity (Wildman–Crippen MR) is 38.8 cm³/mol. The molecular weight excluding hydrogens is 96.1 g/mol. The molecule has 0 amide bonds. The minimum atomic E-state index is 0.706. The van der Waals surface area contributed by atoms with Crippen molar-refractivity contribution in [2.45, 2.75) is 27.7 Å². The van der Waals surface area contributed by atoms with Crippen molar-refractivity contribution in [2.75, 3.05) is 0 Å². The third kappa shape index (κ3) is 5.74. The summed E-state index contributed by atoms with van der Waals surface area (Å²) in [5, 5.41) is 0. The minimum absolute atomic E-state index is 0.706. The zero-order chi connectivity index (χ0) is 6.57. The predicted octanol–water partition coefficient (Wildman–Crippen LogP) is 2.85. The number of rotatable bonds is 2. The third-order valence-corrected chi connectivity index (χ3v) is 0.881. The average molecular weight is 112 g/mol. The van der Waals surface area contributed by atoms with Crippen molar-refractivity contribution in [2.24, 2.45) is 11.8 Å². The average Bonchev–Trinajstić information content (AvgIpc) is 1.61. The van der Waals surface area contributed by atoms with Crippen LogP contribution in [0.1, 0.15) is 27.7 Å². The van der Waals surface area contributed by atoms with Crippen molar-refractivity contribution in [3.63, 3.8) is 0 Å². The van der Waals surface area contributed by atoms with Crippen molar-refractivity contribution >= 4 is 0 Å². The SMILES string of the molecule is CC(C)C=CC(C)C. The van der Waals surface area contributed by atoms with Gasteiger partial charge >= 0.3 is 0 Å². The van der Waals surface area contributed by atoms with Gasteiger partial charge in [-0.05, 0) is 11.8 Å². The van der Waals surface area contributed by atoms with Crippen LogP contribution in [0.15, 0.2) is 12.2 Å². The van der Waals surface area contributed by atoms with Gasteiger partial charge in [-0.3, -0.25) is 0 Å². The van der Waals surface area contributed by atoms with Crippen molar-refractivity contribution in [1.29, 1.82) is 0 Å². The second-order valence-corrected chi connectivity index (χ2v) is 2.87. The molecule has 0 saturated heterocycles. The standard InChI is InChI=1S/C8H16/c1-7(2)5-6-8(3)4/h5-8H,1-4H3. The van der Waals surface area contributed by atoms with Crippen molar-refractivity contribution < 1.29 is 0 Å². The zero-order valence-corrected chi connectivity index (χ0v) is 6.31. The molecule has 0 N–H and O–H groups in total. The van der Waals surface area contributed by atoms with E-state index in [4.69, 9.17) is 0 Å². The van der Waals surface area contributed by atoms with Crippen LogP contribution in [0.3, 0.4) is 0 Å². The molecule has 8 heavy (non-hydrogen) atoms. The van der Waals surface area contributed by atoms with Gasteiger partial charge in [0.15, 0.2) is 0 Å². The normalized spacial score (nSPS) is 12.2. The highest BCUT2D eigenvalue weighted by molar-refractivity contribution is 4.86. The molecule has 48 valence electrons. The Bertz CT molecular complexity index is 58.1. The summed E-state index contributed by atoms with van der Waals surface area (Å²) in [5.74, 6) is 1.41. The van der Waals surface area contributed by atoms with Crippen LogP contribution in [-0.4, -0.2) is 0 Å². The van der Waals surface area contributed by atoms with Crippen LogP contribution in [-0.2, 0) is 0 Å². The summed E-state index contributed by atoms with van der Waals surface area (Å²) >= 11 is 0. The van der Waals surface area contributed by atoms with Gasteiger partial charge < -0.3 is 0 Å². The zero-order valence-electron chi connectivity index (χ0n) is 6.31. The molecule has 0 aliphatic carbocycles. The van der Waals surface area contributed by atoms with Crippen LogP contribution < -0.4 is 0 Å². The monoisotopic (exact) mass is 112 g/mol. The Morgan fingerprint density at radius 2 is 1.00 bits per heavy atom. The maximum atomic E-state index is 2.24. The molecule has 0 aromatic rings. The lowest BCUT2D eigenvalue weighted by Crippen LogP contribution is -1.81. The van der Waals surface area contributed by atoms with E-state index in [1.54, 1.807) is 0 Å². The molecular formula is C8H16. The Kier molecular flexibility index (Phi) is 3.59. The van der Waals surface area contributed by atoms with E-state index >= 15 is 0 Å². The molecule has 0 nitrogen and oxygen atoms in total. The Hall–Kier alpha value is -0.260. The van der Waals surface area contributed by atoms with E-state index in [0.717, 1.165) is 0 Å². The van der Waals surface area contributed by atoms with E-state index in [-0.39, 0.29) is 0 Å². The molecule has 0 heterocycles. The molecule has 0 heteroatoms. The molecule has 0 saturated carbocycles. The molecule has 0 aliphatic rings. The molecule has 0 radical (unpaired) electrons. The summed E-state index contributed by atoms with van der Waals surface area (Å²) in [4.78, 5) is 0. The van der Waals surface area contributed by atoms with E-state index < -0.39 is 0 Å². The van der Waals surface area contributed by atoms with Gasteiger partial charge in [-0.15, -0.1) is 0 Å². The summed E-state index contributed by atoms with van der Waals surface area (Å²) in [5.41, 5.74) is 0. The molecule has 0 bridgehead atoms. The van der Waals surface area contributed by atoms with E-state index in [0.29, 0.717) is 11.8 Å². The van der Waals surface area contributed by atoms with Gasteiger partial charge in [0.2, 0.25) is 0 Å². The van der Waals surface area contributed by atoms with Crippen molar-refractivity contribution in [3.8, 4) is 0 Å². The fourth-order valence-corrected chi connectivity index (χ4v) is 0.444. The second-order valence-electron chi connectivity index (χ2n) is 2.87. The summed E-state index contributed by atoms with van der Waals surface area (Å²) in [6.07, 6.45) is 4.48. The molecule has 0 unspecified atom stereocenters. The minimum Gasteiger partial charge on any atom is -0.0857 e. The van der Waals surface area contributed by atoms with Crippen LogP contribution in [0.5, 0.6) is 0 Å². The van der Waals surface area contributed by atoms with Crippen molar-refractivity contribution in [3.05, 3.63) is 12.2 Å². The lowest BCUT2D eigenvalue weighted by atomic mass is 10.1. The first-order valence-corrected chi connectivity index (χ1v) is 3.31. The van der Waals surface area contributed by atoms with Crippen LogP contribution in [0.25, 0.3) is 0 Å². The molecule has 0 atom stereocenters. The van der Waals surface area contributed by atoms with Gasteiger partial charge in [-0.25, -0.2) is 0 Å². The Morgan fingerprint density at radius 1 is 0.750 bits per heavy atom. The summed E-state index contributed by atoms with van der Waals surface area (Å²) < 4.78 is 0. The molecule has 0 fully saturated rings. The second kappa shape index (κ2) is 3.71. The Morgan fingerprint density at radius 3 is 1.12 bits per heavy atom. The third-order valence-electron chi connectivity index (χ3n) is 0.881.